The number of nitriles is 1. The second-order valence-corrected chi connectivity index (χ2v) is 6.79. The molecule has 0 radical (unpaired) electrons. The molecule has 2 aromatic carbocycles. The molecule has 0 saturated heterocycles. The Balaban J connectivity index is 1.77. The van der Waals surface area contributed by atoms with Gasteiger partial charge < -0.3 is 9.15 Å². The third-order valence-corrected chi connectivity index (χ3v) is 5.09. The maximum absolute atomic E-state index is 12.4. The number of methoxy groups -OCH3 is 1. The van der Waals surface area contributed by atoms with Crippen molar-refractivity contribution in [2.24, 2.45) is 0 Å². The van der Waals surface area contributed by atoms with Crippen molar-refractivity contribution in [3.8, 4) is 23.1 Å². The summed E-state index contributed by atoms with van der Waals surface area (Å²) >= 11 is 1.30. The van der Waals surface area contributed by atoms with Gasteiger partial charge in [0.1, 0.15) is 22.4 Å². The van der Waals surface area contributed by atoms with Gasteiger partial charge >= 0.3 is 5.63 Å². The van der Waals surface area contributed by atoms with E-state index in [0.29, 0.717) is 33.2 Å². The van der Waals surface area contributed by atoms with Crippen molar-refractivity contribution in [3.63, 3.8) is 0 Å². The summed E-state index contributed by atoms with van der Waals surface area (Å²) in [5, 5.41) is 12.7. The molecule has 0 unspecified atom stereocenters. The van der Waals surface area contributed by atoms with Gasteiger partial charge in [-0.05, 0) is 24.3 Å². The van der Waals surface area contributed by atoms with Gasteiger partial charge in [0.15, 0.2) is 0 Å². The molecular weight excluding hydrogens is 372 g/mol. The maximum atomic E-state index is 12.4. The van der Waals surface area contributed by atoms with E-state index in [1.54, 1.807) is 30.7 Å². The zero-order valence-corrected chi connectivity index (χ0v) is 15.7. The predicted molar refractivity (Wildman–Crippen MR) is 110 cm³/mol. The Bertz CT molecular complexity index is 1290. The van der Waals surface area contributed by atoms with Crippen molar-refractivity contribution in [2.75, 3.05) is 7.11 Å². The Hall–Kier alpha value is -3.69. The van der Waals surface area contributed by atoms with Crippen LogP contribution in [0.1, 0.15) is 10.6 Å². The average Bonchev–Trinajstić information content (AvgIpc) is 3.21. The molecule has 28 heavy (non-hydrogen) atoms. The molecule has 0 atom stereocenters. The predicted octanol–water partition coefficient (Wildman–Crippen LogP) is 4.99. The molecule has 6 heteroatoms. The number of para-hydroxylation sites is 2. The van der Waals surface area contributed by atoms with Gasteiger partial charge in [0, 0.05) is 16.3 Å². The van der Waals surface area contributed by atoms with E-state index >= 15 is 0 Å². The molecule has 0 bridgehead atoms. The lowest BCUT2D eigenvalue weighted by Crippen LogP contribution is -2.02. The van der Waals surface area contributed by atoms with Gasteiger partial charge in [-0.2, -0.15) is 5.26 Å². The zero-order valence-electron chi connectivity index (χ0n) is 14.9. The normalized spacial score (nSPS) is 11.4. The molecule has 0 saturated carbocycles. The fraction of sp³-hybridized carbons (Fsp3) is 0.0455. The van der Waals surface area contributed by atoms with E-state index in [4.69, 9.17) is 9.15 Å². The highest BCUT2D eigenvalue weighted by atomic mass is 32.1. The van der Waals surface area contributed by atoms with E-state index in [2.05, 4.69) is 11.1 Å². The first-order valence-corrected chi connectivity index (χ1v) is 9.31. The van der Waals surface area contributed by atoms with Crippen molar-refractivity contribution in [3.05, 3.63) is 81.0 Å². The molecule has 4 aromatic rings. The van der Waals surface area contributed by atoms with E-state index in [-0.39, 0.29) is 0 Å². The van der Waals surface area contributed by atoms with Crippen molar-refractivity contribution >= 4 is 34.0 Å². The summed E-state index contributed by atoms with van der Waals surface area (Å²) in [6, 6.07) is 18.7. The van der Waals surface area contributed by atoms with Crippen LogP contribution in [0.25, 0.3) is 33.9 Å². The number of rotatable bonds is 4. The Morgan fingerprint density at radius 3 is 2.82 bits per heavy atom. The van der Waals surface area contributed by atoms with Gasteiger partial charge in [-0.25, -0.2) is 9.78 Å². The topological polar surface area (TPSA) is 76.1 Å². The van der Waals surface area contributed by atoms with Gasteiger partial charge in [0.2, 0.25) is 0 Å². The summed E-state index contributed by atoms with van der Waals surface area (Å²) in [6.07, 6.45) is 1.73. The van der Waals surface area contributed by atoms with Crippen LogP contribution in [0.3, 0.4) is 0 Å². The minimum atomic E-state index is -0.456. The summed E-state index contributed by atoms with van der Waals surface area (Å²) < 4.78 is 10.7. The van der Waals surface area contributed by atoms with Crippen molar-refractivity contribution in [2.45, 2.75) is 0 Å². The minimum Gasteiger partial charge on any atom is -0.496 e. The highest BCUT2D eigenvalue weighted by molar-refractivity contribution is 7.11. The molecule has 0 spiro atoms. The summed E-state index contributed by atoms with van der Waals surface area (Å²) in [6.45, 7) is 0. The molecule has 0 aliphatic carbocycles. The van der Waals surface area contributed by atoms with Crippen LogP contribution >= 0.6 is 11.3 Å². The van der Waals surface area contributed by atoms with Crippen LogP contribution in [0.15, 0.2) is 69.2 Å². The van der Waals surface area contributed by atoms with Gasteiger partial charge in [-0.1, -0.05) is 36.4 Å². The Labute approximate surface area is 164 Å². The van der Waals surface area contributed by atoms with Gasteiger partial charge in [0.05, 0.1) is 23.9 Å². The first-order valence-electron chi connectivity index (χ1n) is 8.43. The van der Waals surface area contributed by atoms with E-state index in [0.717, 1.165) is 10.9 Å². The highest BCUT2D eigenvalue weighted by Crippen LogP contribution is 2.29. The summed E-state index contributed by atoms with van der Waals surface area (Å²) in [7, 11) is 1.58. The second-order valence-electron chi connectivity index (χ2n) is 5.94. The maximum Gasteiger partial charge on any atom is 0.345 e. The van der Waals surface area contributed by atoms with E-state index in [1.165, 1.54) is 11.3 Å². The number of ether oxygens (including phenoxy) is 1. The smallest absolute Gasteiger partial charge is 0.345 e. The molecule has 5 nitrogen and oxygen atoms in total. The average molecular weight is 386 g/mol. The Kier molecular flexibility index (Phi) is 4.75. The fourth-order valence-corrected chi connectivity index (χ4v) is 3.63. The molecule has 0 aliphatic rings. The number of hydrogen-bond acceptors (Lipinski definition) is 6. The molecular formula is C22H14N2O3S. The summed E-state index contributed by atoms with van der Waals surface area (Å²) in [4.78, 5) is 16.9. The van der Waals surface area contributed by atoms with Crippen LogP contribution in [0, 0.1) is 11.3 Å². The number of thiazole rings is 1. The first-order chi connectivity index (χ1) is 13.7. The summed E-state index contributed by atoms with van der Waals surface area (Å²) in [5.41, 5.74) is 2.11. The van der Waals surface area contributed by atoms with Crippen LogP contribution in [-0.2, 0) is 0 Å². The highest BCUT2D eigenvalue weighted by Gasteiger charge is 2.14. The lowest BCUT2D eigenvalue weighted by Gasteiger charge is -2.04. The Morgan fingerprint density at radius 2 is 2.00 bits per heavy atom. The SMILES string of the molecule is COc1ccccc1C=C(C#N)c1nc(-c2cc3ccccc3oc2=O)cs1. The van der Waals surface area contributed by atoms with Gasteiger partial charge in [0.25, 0.3) is 0 Å². The number of allylic oxidation sites excluding steroid dienone is 1. The third kappa shape index (κ3) is 3.31. The molecule has 2 aromatic heterocycles. The number of hydrogen-bond donors (Lipinski definition) is 0. The monoisotopic (exact) mass is 386 g/mol. The summed E-state index contributed by atoms with van der Waals surface area (Å²) in [5.74, 6) is 0.669. The zero-order chi connectivity index (χ0) is 19.5. The Morgan fingerprint density at radius 1 is 1.21 bits per heavy atom. The third-order valence-electron chi connectivity index (χ3n) is 4.21. The molecule has 0 aliphatic heterocycles. The minimum absolute atomic E-state index is 0.371. The van der Waals surface area contributed by atoms with Crippen molar-refractivity contribution in [1.82, 2.24) is 4.98 Å². The van der Waals surface area contributed by atoms with E-state index < -0.39 is 5.63 Å². The van der Waals surface area contributed by atoms with Gasteiger partial charge in [-0.3, -0.25) is 0 Å². The van der Waals surface area contributed by atoms with E-state index in [9.17, 15) is 10.1 Å². The second kappa shape index (κ2) is 7.51. The standard InChI is InChI=1S/C22H14N2O3S/c1-26-19-8-4-2-6-14(19)10-16(12-23)21-24-18(13-28-21)17-11-15-7-3-5-9-20(15)27-22(17)25/h2-11,13H,1H3. The van der Waals surface area contributed by atoms with Gasteiger partial charge in [-0.15, -0.1) is 11.3 Å². The van der Waals surface area contributed by atoms with Crippen LogP contribution in [0.5, 0.6) is 5.75 Å². The number of aromatic nitrogens is 1. The number of fused-ring (bicyclic) bond motifs is 1. The number of nitrogens with zero attached hydrogens (tertiary/aromatic N) is 2. The molecule has 0 N–H and O–H groups in total. The number of benzene rings is 2. The van der Waals surface area contributed by atoms with Crippen LogP contribution in [0.2, 0.25) is 0 Å². The molecule has 2 heterocycles. The molecule has 4 rings (SSSR count). The quantitative estimate of drug-likeness (QED) is 0.365. The largest absolute Gasteiger partial charge is 0.496 e. The molecule has 136 valence electrons. The van der Waals surface area contributed by atoms with Crippen molar-refractivity contribution < 1.29 is 9.15 Å². The van der Waals surface area contributed by atoms with Crippen LogP contribution < -0.4 is 10.4 Å². The van der Waals surface area contributed by atoms with E-state index in [1.807, 2.05) is 42.5 Å². The molecule has 0 fully saturated rings. The molecule has 0 amide bonds. The van der Waals surface area contributed by atoms with Crippen LogP contribution in [0.4, 0.5) is 0 Å². The van der Waals surface area contributed by atoms with Crippen LogP contribution in [-0.4, -0.2) is 12.1 Å². The lowest BCUT2D eigenvalue weighted by molar-refractivity contribution is 0.414. The first kappa shape index (κ1) is 17.7. The fourth-order valence-electron chi connectivity index (χ4n) is 2.84. The van der Waals surface area contributed by atoms with Crippen molar-refractivity contribution in [1.29, 1.82) is 5.26 Å². The lowest BCUT2D eigenvalue weighted by atomic mass is 10.1.